The minimum Gasteiger partial charge on any atom is -0.406 e. The van der Waals surface area contributed by atoms with E-state index in [0.29, 0.717) is 17.8 Å². The maximum atomic E-state index is 12.9. The molecule has 0 aliphatic carbocycles. The lowest BCUT2D eigenvalue weighted by atomic mass is 10.1. The Morgan fingerprint density at radius 1 is 1.03 bits per heavy atom. The fraction of sp³-hybridized carbons (Fsp3) is 0.182. The third-order valence-corrected chi connectivity index (χ3v) is 5.06. The summed E-state index contributed by atoms with van der Waals surface area (Å²) in [5.41, 5.74) is 2.55. The molecule has 10 nitrogen and oxygen atoms in total. The van der Waals surface area contributed by atoms with E-state index in [4.69, 9.17) is 4.52 Å². The summed E-state index contributed by atoms with van der Waals surface area (Å²) in [4.78, 5) is 21.4. The second-order valence-electron chi connectivity index (χ2n) is 7.67. The van der Waals surface area contributed by atoms with E-state index in [0.717, 1.165) is 23.3 Å². The number of alkyl halides is 3. The highest BCUT2D eigenvalue weighted by atomic mass is 19.4. The van der Waals surface area contributed by atoms with Gasteiger partial charge in [-0.05, 0) is 36.8 Å². The SMILES string of the molecule is Cc1ccc(Cn2nnc3c(=O)n(Cc4nc(-c5ccc(OC(F)(F)F)cc5)no4)cnc32)cc1. The smallest absolute Gasteiger partial charge is 0.406 e. The molecule has 0 N–H and O–H groups in total. The number of nitrogens with zero attached hydrogens (tertiary/aromatic N) is 7. The molecule has 3 aromatic heterocycles. The molecule has 0 amide bonds. The van der Waals surface area contributed by atoms with Gasteiger partial charge in [-0.1, -0.05) is 40.2 Å². The van der Waals surface area contributed by atoms with Crippen LogP contribution in [0.2, 0.25) is 0 Å². The molecule has 178 valence electrons. The lowest BCUT2D eigenvalue weighted by Crippen LogP contribution is -2.21. The summed E-state index contributed by atoms with van der Waals surface area (Å²) in [6.07, 6.45) is -3.44. The van der Waals surface area contributed by atoms with Gasteiger partial charge < -0.3 is 9.26 Å². The van der Waals surface area contributed by atoms with Crippen molar-refractivity contribution in [1.29, 1.82) is 0 Å². The number of halogens is 3. The molecule has 0 unspecified atom stereocenters. The predicted octanol–water partition coefficient (Wildman–Crippen LogP) is 3.34. The van der Waals surface area contributed by atoms with Crippen molar-refractivity contribution in [3.8, 4) is 17.1 Å². The molecule has 0 saturated carbocycles. The Bertz CT molecular complexity index is 1540. The van der Waals surface area contributed by atoms with Gasteiger partial charge in [-0.25, -0.2) is 9.67 Å². The summed E-state index contributed by atoms with van der Waals surface area (Å²) < 4.78 is 48.8. The van der Waals surface area contributed by atoms with E-state index in [2.05, 4.69) is 30.2 Å². The predicted molar refractivity (Wildman–Crippen MR) is 115 cm³/mol. The molecule has 0 atom stereocenters. The highest BCUT2D eigenvalue weighted by Gasteiger charge is 2.31. The largest absolute Gasteiger partial charge is 0.573 e. The molecule has 0 aliphatic heterocycles. The number of hydrogen-bond donors (Lipinski definition) is 0. The topological polar surface area (TPSA) is 114 Å². The Balaban J connectivity index is 1.33. The van der Waals surface area contributed by atoms with Gasteiger partial charge >= 0.3 is 6.36 Å². The molecule has 35 heavy (non-hydrogen) atoms. The second-order valence-corrected chi connectivity index (χ2v) is 7.67. The highest BCUT2D eigenvalue weighted by molar-refractivity contribution is 5.67. The molecular formula is C22H16F3N7O3. The molecular weight excluding hydrogens is 467 g/mol. The van der Waals surface area contributed by atoms with Gasteiger partial charge in [0.1, 0.15) is 18.6 Å². The summed E-state index contributed by atoms with van der Waals surface area (Å²) in [6.45, 7) is 2.33. The van der Waals surface area contributed by atoms with Crippen LogP contribution in [0.4, 0.5) is 13.2 Å². The maximum absolute atomic E-state index is 12.9. The Kier molecular flexibility index (Phi) is 5.51. The number of aryl methyl sites for hydroxylation is 1. The molecule has 3 heterocycles. The van der Waals surface area contributed by atoms with Crippen molar-refractivity contribution in [2.75, 3.05) is 0 Å². The zero-order chi connectivity index (χ0) is 24.6. The van der Waals surface area contributed by atoms with Gasteiger partial charge in [-0.3, -0.25) is 9.36 Å². The molecule has 2 aromatic carbocycles. The minimum atomic E-state index is -4.78. The lowest BCUT2D eigenvalue weighted by Gasteiger charge is -2.08. The van der Waals surface area contributed by atoms with Gasteiger partial charge in [0.2, 0.25) is 11.7 Å². The van der Waals surface area contributed by atoms with Crippen molar-refractivity contribution in [1.82, 2.24) is 34.7 Å². The normalized spacial score (nSPS) is 11.8. The molecule has 0 spiro atoms. The van der Waals surface area contributed by atoms with Gasteiger partial charge in [-0.2, -0.15) is 4.98 Å². The first-order valence-corrected chi connectivity index (χ1v) is 10.3. The summed E-state index contributed by atoms with van der Waals surface area (Å²) in [5.74, 6) is -0.123. The van der Waals surface area contributed by atoms with Crippen molar-refractivity contribution in [2.24, 2.45) is 0 Å². The number of benzene rings is 2. The first-order valence-electron chi connectivity index (χ1n) is 10.3. The van der Waals surface area contributed by atoms with E-state index in [9.17, 15) is 18.0 Å². The first kappa shape index (κ1) is 22.3. The average Bonchev–Trinajstić information content (AvgIpc) is 3.44. The molecule has 0 aliphatic rings. The Hall–Kier alpha value is -4.55. The van der Waals surface area contributed by atoms with Crippen LogP contribution in [-0.2, 0) is 13.1 Å². The standard InChI is InChI=1S/C22H16F3N7O3/c1-13-2-4-14(5-3-13)10-32-20-18(28-30-32)21(33)31(12-26-20)11-17-27-19(29-35-17)15-6-8-16(9-7-15)34-22(23,24)25/h2-9,12H,10-11H2,1H3. The van der Waals surface area contributed by atoms with Gasteiger partial charge in [0, 0.05) is 5.56 Å². The number of fused-ring (bicyclic) bond motifs is 1. The molecule has 0 fully saturated rings. The second kappa shape index (κ2) is 8.66. The molecule has 0 saturated heterocycles. The van der Waals surface area contributed by atoms with Crippen molar-refractivity contribution >= 4 is 11.2 Å². The van der Waals surface area contributed by atoms with Crippen LogP contribution in [0.15, 0.2) is 64.2 Å². The molecule has 5 rings (SSSR count). The van der Waals surface area contributed by atoms with Crippen molar-refractivity contribution in [3.63, 3.8) is 0 Å². The molecule has 0 bridgehead atoms. The summed E-state index contributed by atoms with van der Waals surface area (Å²) >= 11 is 0. The Morgan fingerprint density at radius 2 is 1.77 bits per heavy atom. The van der Waals surface area contributed by atoms with Crippen LogP contribution in [-0.4, -0.2) is 41.0 Å². The van der Waals surface area contributed by atoms with Crippen molar-refractivity contribution in [3.05, 3.63) is 82.2 Å². The number of aromatic nitrogens is 7. The maximum Gasteiger partial charge on any atom is 0.573 e. The molecule has 5 aromatic rings. The van der Waals surface area contributed by atoms with Crippen LogP contribution in [0.5, 0.6) is 5.75 Å². The fourth-order valence-corrected chi connectivity index (χ4v) is 3.36. The quantitative estimate of drug-likeness (QED) is 0.361. The van der Waals surface area contributed by atoms with Crippen LogP contribution in [0.25, 0.3) is 22.6 Å². The first-order chi connectivity index (χ1) is 16.7. The highest BCUT2D eigenvalue weighted by Crippen LogP contribution is 2.25. The average molecular weight is 483 g/mol. The van der Waals surface area contributed by atoms with Gasteiger partial charge in [-0.15, -0.1) is 18.3 Å². The third kappa shape index (κ3) is 4.88. The van der Waals surface area contributed by atoms with Gasteiger partial charge in [0.15, 0.2) is 11.2 Å². The lowest BCUT2D eigenvalue weighted by molar-refractivity contribution is -0.274. The van der Waals surface area contributed by atoms with Crippen LogP contribution in [0.3, 0.4) is 0 Å². The minimum absolute atomic E-state index is 0.0745. The van der Waals surface area contributed by atoms with Crippen LogP contribution < -0.4 is 10.3 Å². The molecule has 13 heteroatoms. The summed E-state index contributed by atoms with van der Waals surface area (Å²) in [6, 6.07) is 12.9. The zero-order valence-corrected chi connectivity index (χ0v) is 18.1. The van der Waals surface area contributed by atoms with Gasteiger partial charge in [0.05, 0.1) is 6.54 Å². The van der Waals surface area contributed by atoms with E-state index in [-0.39, 0.29) is 29.5 Å². The van der Waals surface area contributed by atoms with E-state index in [1.807, 2.05) is 31.2 Å². The fourth-order valence-electron chi connectivity index (χ4n) is 3.36. The number of rotatable bonds is 6. The monoisotopic (exact) mass is 483 g/mol. The Labute approximate surface area is 194 Å². The van der Waals surface area contributed by atoms with E-state index < -0.39 is 11.9 Å². The van der Waals surface area contributed by atoms with E-state index in [1.165, 1.54) is 23.0 Å². The number of ether oxygens (including phenoxy) is 1. The summed E-state index contributed by atoms with van der Waals surface area (Å²) in [7, 11) is 0. The van der Waals surface area contributed by atoms with Crippen LogP contribution in [0, 0.1) is 6.92 Å². The van der Waals surface area contributed by atoms with E-state index >= 15 is 0 Å². The van der Waals surface area contributed by atoms with E-state index in [1.54, 1.807) is 4.68 Å². The zero-order valence-electron chi connectivity index (χ0n) is 18.1. The van der Waals surface area contributed by atoms with Crippen molar-refractivity contribution in [2.45, 2.75) is 26.4 Å². The van der Waals surface area contributed by atoms with Crippen LogP contribution >= 0.6 is 0 Å². The van der Waals surface area contributed by atoms with Crippen molar-refractivity contribution < 1.29 is 22.4 Å². The van der Waals surface area contributed by atoms with Gasteiger partial charge in [0.25, 0.3) is 5.56 Å². The summed E-state index contributed by atoms with van der Waals surface area (Å²) in [5, 5.41) is 11.9. The van der Waals surface area contributed by atoms with Crippen LogP contribution in [0.1, 0.15) is 17.0 Å². The third-order valence-electron chi connectivity index (χ3n) is 5.06. The number of hydrogen-bond acceptors (Lipinski definition) is 8. The molecule has 0 radical (unpaired) electrons. The Morgan fingerprint density at radius 3 is 2.49 bits per heavy atom.